The van der Waals surface area contributed by atoms with Crippen molar-refractivity contribution >= 4 is 23.0 Å². The summed E-state index contributed by atoms with van der Waals surface area (Å²) in [5, 5.41) is 4.15. The molecule has 2 rings (SSSR count). The molecule has 1 aromatic carbocycles. The van der Waals surface area contributed by atoms with E-state index >= 15 is 0 Å². The van der Waals surface area contributed by atoms with Gasteiger partial charge in [-0.25, -0.2) is 4.39 Å². The van der Waals surface area contributed by atoms with E-state index in [4.69, 9.17) is 12.2 Å². The lowest BCUT2D eigenvalue weighted by molar-refractivity contribution is 0.378. The van der Waals surface area contributed by atoms with Crippen LogP contribution in [-0.2, 0) is 0 Å². The normalized spacial score (nSPS) is 15.6. The lowest BCUT2D eigenvalue weighted by Crippen LogP contribution is -2.52. The van der Waals surface area contributed by atoms with Crippen molar-refractivity contribution in [1.29, 1.82) is 0 Å². The van der Waals surface area contributed by atoms with Crippen LogP contribution in [0, 0.1) is 11.7 Å². The Morgan fingerprint density at radius 1 is 1.20 bits per heavy atom. The third-order valence-corrected chi connectivity index (χ3v) is 3.82. The number of nitrogens with one attached hydrogen (secondary N) is 1. The van der Waals surface area contributed by atoms with Crippen LogP contribution in [0.2, 0.25) is 0 Å². The standard InChI is InChI=1S/C15H22FN3S/c1-12(2)11-17-15(20)19-9-7-18(8-10-19)14-5-3-13(16)4-6-14/h3-6,12H,7-11H2,1-2H3,(H,17,20). The van der Waals surface area contributed by atoms with Gasteiger partial charge in [-0.3, -0.25) is 0 Å². The van der Waals surface area contributed by atoms with E-state index in [1.165, 1.54) is 12.1 Å². The third-order valence-electron chi connectivity index (χ3n) is 3.42. The zero-order valence-corrected chi connectivity index (χ0v) is 12.9. The summed E-state index contributed by atoms with van der Waals surface area (Å²) in [4.78, 5) is 4.47. The van der Waals surface area contributed by atoms with Gasteiger partial charge in [-0.15, -0.1) is 0 Å². The molecule has 0 aliphatic carbocycles. The summed E-state index contributed by atoms with van der Waals surface area (Å²) in [5.41, 5.74) is 1.08. The number of hydrogen-bond acceptors (Lipinski definition) is 2. The Morgan fingerprint density at radius 3 is 2.35 bits per heavy atom. The molecule has 110 valence electrons. The van der Waals surface area contributed by atoms with E-state index in [0.29, 0.717) is 5.92 Å². The highest BCUT2D eigenvalue weighted by Crippen LogP contribution is 2.16. The molecule has 1 fully saturated rings. The number of thiocarbonyl (C=S) groups is 1. The summed E-state index contributed by atoms with van der Waals surface area (Å²) < 4.78 is 12.9. The average molecular weight is 295 g/mol. The molecule has 1 N–H and O–H groups in total. The number of nitrogens with zero attached hydrogens (tertiary/aromatic N) is 2. The Morgan fingerprint density at radius 2 is 1.80 bits per heavy atom. The van der Waals surface area contributed by atoms with Crippen molar-refractivity contribution < 1.29 is 4.39 Å². The van der Waals surface area contributed by atoms with Gasteiger partial charge in [0, 0.05) is 38.4 Å². The molecule has 0 unspecified atom stereocenters. The van der Waals surface area contributed by atoms with Crippen LogP contribution in [0.3, 0.4) is 0 Å². The molecule has 1 aliphatic heterocycles. The van der Waals surface area contributed by atoms with Crippen molar-refractivity contribution in [1.82, 2.24) is 10.2 Å². The van der Waals surface area contributed by atoms with E-state index in [1.54, 1.807) is 0 Å². The number of hydrogen-bond donors (Lipinski definition) is 1. The van der Waals surface area contributed by atoms with Crippen molar-refractivity contribution in [3.8, 4) is 0 Å². The van der Waals surface area contributed by atoms with Crippen LogP contribution in [0.1, 0.15) is 13.8 Å². The van der Waals surface area contributed by atoms with E-state index in [-0.39, 0.29) is 5.82 Å². The second-order valence-corrected chi connectivity index (χ2v) is 5.92. The van der Waals surface area contributed by atoms with Crippen molar-refractivity contribution in [2.45, 2.75) is 13.8 Å². The smallest absolute Gasteiger partial charge is 0.169 e. The van der Waals surface area contributed by atoms with Crippen molar-refractivity contribution in [3.05, 3.63) is 30.1 Å². The summed E-state index contributed by atoms with van der Waals surface area (Å²) in [6.45, 7) is 8.88. The second-order valence-electron chi connectivity index (χ2n) is 5.53. The molecule has 0 aromatic heterocycles. The van der Waals surface area contributed by atoms with Crippen molar-refractivity contribution in [3.63, 3.8) is 0 Å². The first kappa shape index (κ1) is 15.0. The largest absolute Gasteiger partial charge is 0.368 e. The number of rotatable bonds is 3. The van der Waals surface area contributed by atoms with Gasteiger partial charge in [-0.1, -0.05) is 13.8 Å². The molecule has 1 aromatic rings. The average Bonchev–Trinajstić information content (AvgIpc) is 2.46. The summed E-state index contributed by atoms with van der Waals surface area (Å²) >= 11 is 5.41. The van der Waals surface area contributed by atoms with Gasteiger partial charge in [0.15, 0.2) is 5.11 Å². The highest BCUT2D eigenvalue weighted by molar-refractivity contribution is 7.80. The van der Waals surface area contributed by atoms with Crippen molar-refractivity contribution in [2.24, 2.45) is 5.92 Å². The number of piperazine rings is 1. The number of halogens is 1. The van der Waals surface area contributed by atoms with Gasteiger partial charge in [0.2, 0.25) is 0 Å². The van der Waals surface area contributed by atoms with Crippen LogP contribution in [0.5, 0.6) is 0 Å². The molecule has 1 aliphatic rings. The third kappa shape index (κ3) is 4.07. The minimum atomic E-state index is -0.188. The van der Waals surface area contributed by atoms with Gasteiger partial charge < -0.3 is 15.1 Å². The van der Waals surface area contributed by atoms with Gasteiger partial charge >= 0.3 is 0 Å². The quantitative estimate of drug-likeness (QED) is 0.863. The predicted molar refractivity (Wildman–Crippen MR) is 85.6 cm³/mol. The molecule has 3 nitrogen and oxygen atoms in total. The summed E-state index contributed by atoms with van der Waals surface area (Å²) in [6, 6.07) is 6.69. The van der Waals surface area contributed by atoms with E-state index < -0.39 is 0 Å². The SMILES string of the molecule is CC(C)CNC(=S)N1CCN(c2ccc(F)cc2)CC1. The highest BCUT2D eigenvalue weighted by Gasteiger charge is 2.19. The fourth-order valence-corrected chi connectivity index (χ4v) is 2.49. The van der Waals surface area contributed by atoms with Gasteiger partial charge in [-0.05, 0) is 42.4 Å². The van der Waals surface area contributed by atoms with E-state index in [0.717, 1.165) is 43.5 Å². The maximum absolute atomic E-state index is 12.9. The van der Waals surface area contributed by atoms with Crippen LogP contribution in [-0.4, -0.2) is 42.7 Å². The zero-order chi connectivity index (χ0) is 14.5. The molecule has 0 amide bonds. The van der Waals surface area contributed by atoms with Crippen LogP contribution in [0.4, 0.5) is 10.1 Å². The van der Waals surface area contributed by atoms with Crippen LogP contribution >= 0.6 is 12.2 Å². The first-order valence-electron chi connectivity index (χ1n) is 7.09. The summed E-state index contributed by atoms with van der Waals surface area (Å²) in [6.07, 6.45) is 0. The Bertz CT molecular complexity index is 439. The van der Waals surface area contributed by atoms with Crippen LogP contribution in [0.15, 0.2) is 24.3 Å². The second kappa shape index (κ2) is 6.88. The van der Waals surface area contributed by atoms with Gasteiger partial charge in [0.1, 0.15) is 5.82 Å². The lowest BCUT2D eigenvalue weighted by Gasteiger charge is -2.37. The number of benzene rings is 1. The Balaban J connectivity index is 1.83. The minimum Gasteiger partial charge on any atom is -0.368 e. The first-order chi connectivity index (χ1) is 9.56. The fourth-order valence-electron chi connectivity index (χ4n) is 2.22. The molecule has 20 heavy (non-hydrogen) atoms. The van der Waals surface area contributed by atoms with Gasteiger partial charge in [0.25, 0.3) is 0 Å². The Kier molecular flexibility index (Phi) is 5.17. The van der Waals surface area contributed by atoms with Crippen LogP contribution in [0.25, 0.3) is 0 Å². The molecule has 1 saturated heterocycles. The monoisotopic (exact) mass is 295 g/mol. The zero-order valence-electron chi connectivity index (χ0n) is 12.1. The molecule has 0 spiro atoms. The molecule has 0 radical (unpaired) electrons. The van der Waals surface area contributed by atoms with Gasteiger partial charge in [-0.2, -0.15) is 0 Å². The molecular formula is C15H22FN3S. The molecule has 5 heteroatoms. The molecule has 0 atom stereocenters. The summed E-state index contributed by atoms with van der Waals surface area (Å²) in [5.74, 6) is 0.403. The summed E-state index contributed by atoms with van der Waals surface area (Å²) in [7, 11) is 0. The fraction of sp³-hybridized carbons (Fsp3) is 0.533. The van der Waals surface area contributed by atoms with Gasteiger partial charge in [0.05, 0.1) is 0 Å². The highest BCUT2D eigenvalue weighted by atomic mass is 32.1. The van der Waals surface area contributed by atoms with Crippen molar-refractivity contribution in [2.75, 3.05) is 37.6 Å². The lowest BCUT2D eigenvalue weighted by atomic mass is 10.2. The maximum Gasteiger partial charge on any atom is 0.169 e. The van der Waals surface area contributed by atoms with E-state index in [9.17, 15) is 4.39 Å². The first-order valence-corrected chi connectivity index (χ1v) is 7.50. The molecule has 1 heterocycles. The Hall–Kier alpha value is -1.36. The van der Waals surface area contributed by atoms with E-state index in [2.05, 4.69) is 29.0 Å². The molecule has 0 bridgehead atoms. The molecular weight excluding hydrogens is 273 g/mol. The maximum atomic E-state index is 12.9. The Labute approximate surface area is 125 Å². The topological polar surface area (TPSA) is 18.5 Å². The van der Waals surface area contributed by atoms with E-state index in [1.807, 2.05) is 12.1 Å². The molecule has 0 saturated carbocycles. The van der Waals surface area contributed by atoms with Crippen LogP contribution < -0.4 is 10.2 Å². The predicted octanol–water partition coefficient (Wildman–Crippen LogP) is 2.48. The number of anilines is 1. The minimum absolute atomic E-state index is 0.188.